The number of aromatic nitrogens is 4. The smallest absolute Gasteiger partial charge is 0.361 e. The quantitative estimate of drug-likeness (QED) is 0.204. The van der Waals surface area contributed by atoms with Gasteiger partial charge in [-0.1, -0.05) is 31.6 Å². The number of thioether (sulfide) groups is 1. The van der Waals surface area contributed by atoms with E-state index < -0.39 is 34.2 Å². The Hall–Kier alpha value is -4.62. The van der Waals surface area contributed by atoms with Gasteiger partial charge >= 0.3 is 5.97 Å². The van der Waals surface area contributed by atoms with Gasteiger partial charge in [0, 0.05) is 29.9 Å². The monoisotopic (exact) mass is 725 g/mol. The second-order valence-corrected chi connectivity index (χ2v) is 15.9. The lowest BCUT2D eigenvalue weighted by Gasteiger charge is -2.60. The number of amides is 1. The van der Waals surface area contributed by atoms with Crippen molar-refractivity contribution in [3.8, 4) is 5.69 Å². The average Bonchev–Trinajstić information content (AvgIpc) is 3.89. The van der Waals surface area contributed by atoms with Crippen LogP contribution in [-0.2, 0) is 22.5 Å². The first kappa shape index (κ1) is 34.5. The highest BCUT2D eigenvalue weighted by atomic mass is 32.2. The van der Waals surface area contributed by atoms with Crippen LogP contribution in [-0.4, -0.2) is 59.6 Å². The molecule has 13 heteroatoms. The van der Waals surface area contributed by atoms with Crippen molar-refractivity contribution in [3.63, 3.8) is 0 Å². The number of carbonyl (C=O) groups is 3. The lowest BCUT2D eigenvalue weighted by Crippen LogP contribution is -2.62. The van der Waals surface area contributed by atoms with Crippen molar-refractivity contribution in [1.29, 1.82) is 0 Å². The topological polar surface area (TPSA) is 149 Å². The van der Waals surface area contributed by atoms with Gasteiger partial charge in [0.25, 0.3) is 5.91 Å². The minimum Gasteiger partial charge on any atom is -0.451 e. The second kappa shape index (κ2) is 13.1. The lowest BCUT2D eigenvalue weighted by atomic mass is 9.45. The molecule has 3 heterocycles. The van der Waals surface area contributed by atoms with Crippen molar-refractivity contribution in [1.82, 2.24) is 25.1 Å². The molecule has 8 rings (SSSR count). The Bertz CT molecular complexity index is 2050. The summed E-state index contributed by atoms with van der Waals surface area (Å²) in [5.74, 6) is -1.09. The van der Waals surface area contributed by atoms with E-state index in [0.717, 1.165) is 48.0 Å². The van der Waals surface area contributed by atoms with E-state index in [0.29, 0.717) is 36.7 Å². The first-order valence-electron chi connectivity index (χ1n) is 17.7. The Balaban J connectivity index is 1.06. The minimum absolute atomic E-state index is 0.0373. The summed E-state index contributed by atoms with van der Waals surface area (Å²) in [5.41, 5.74) is 2.49. The van der Waals surface area contributed by atoms with Crippen LogP contribution in [0.25, 0.3) is 11.8 Å². The van der Waals surface area contributed by atoms with Gasteiger partial charge in [0.2, 0.25) is 5.12 Å². The van der Waals surface area contributed by atoms with Crippen molar-refractivity contribution < 1.29 is 33.0 Å². The zero-order valence-corrected chi connectivity index (χ0v) is 29.8. The first-order valence-corrected chi connectivity index (χ1v) is 18.6. The van der Waals surface area contributed by atoms with Gasteiger partial charge < -0.3 is 19.6 Å². The summed E-state index contributed by atoms with van der Waals surface area (Å²) in [5, 5.41) is 19.4. The predicted octanol–water partition coefficient (Wildman–Crippen LogP) is 6.12. The number of rotatable bonds is 8. The van der Waals surface area contributed by atoms with Crippen molar-refractivity contribution in [2.24, 2.45) is 28.6 Å². The summed E-state index contributed by atoms with van der Waals surface area (Å²) in [6.07, 6.45) is 12.3. The number of nitrogens with zero attached hydrogens (tertiary/aromatic N) is 4. The van der Waals surface area contributed by atoms with Crippen LogP contribution in [0.5, 0.6) is 0 Å². The number of aliphatic hydroxyl groups is 1. The molecule has 4 aliphatic rings. The number of nitrogens with one attached hydrogen (secondary N) is 1. The van der Waals surface area contributed by atoms with E-state index in [2.05, 4.69) is 28.3 Å². The number of halogens is 1. The molecule has 0 saturated heterocycles. The molecule has 3 fully saturated rings. The average molecular weight is 726 g/mol. The van der Waals surface area contributed by atoms with Crippen molar-refractivity contribution in [2.75, 3.05) is 6.01 Å². The van der Waals surface area contributed by atoms with Crippen LogP contribution in [0.2, 0.25) is 0 Å². The fourth-order valence-corrected chi connectivity index (χ4v) is 10.9. The fraction of sp³-hybridized carbons (Fsp3) is 0.436. The summed E-state index contributed by atoms with van der Waals surface area (Å²) in [6, 6.07) is 10.2. The third-order valence-corrected chi connectivity index (χ3v) is 13.2. The van der Waals surface area contributed by atoms with E-state index in [-0.39, 0.29) is 47.6 Å². The van der Waals surface area contributed by atoms with Crippen LogP contribution < -0.4 is 5.32 Å². The minimum atomic E-state index is -1.61. The molecule has 1 unspecified atom stereocenters. The van der Waals surface area contributed by atoms with Crippen LogP contribution in [0.15, 0.2) is 77.6 Å². The summed E-state index contributed by atoms with van der Waals surface area (Å²) < 4.78 is 26.6. The number of hydrogen-bond acceptors (Lipinski definition) is 10. The molecule has 7 atom stereocenters. The Labute approximate surface area is 304 Å². The highest BCUT2D eigenvalue weighted by molar-refractivity contribution is 8.13. The number of alkyl halides is 1. The Morgan fingerprint density at radius 3 is 2.81 bits per heavy atom. The molecule has 3 saturated carbocycles. The van der Waals surface area contributed by atoms with E-state index in [1.807, 2.05) is 48.1 Å². The number of pyridine rings is 1. The van der Waals surface area contributed by atoms with Crippen LogP contribution in [0.1, 0.15) is 83.6 Å². The number of carbonyl (C=O) groups excluding carboxylic acids is 3. The third kappa shape index (κ3) is 5.42. The zero-order valence-electron chi connectivity index (χ0n) is 29.0. The molecule has 2 N–H and O–H groups in total. The summed E-state index contributed by atoms with van der Waals surface area (Å²) in [7, 11) is 0. The molecule has 11 nitrogen and oxygen atoms in total. The molecular formula is C39H40FN5O6S. The summed E-state index contributed by atoms with van der Waals surface area (Å²) in [6.45, 7) is 4.53. The SMILES string of the molecule is CC12C[C@H](O)[C@H]3[C@@H](CCC4=Cc5c(cnn5-c5cccc(C(=O)NCc6cccnc6)c5)C[C@@]43C)[C@@H]1CC[C@]2(OC(=O)c1cocn1)C(=O)SCF. The molecule has 0 radical (unpaired) electrons. The number of oxazole rings is 1. The fourth-order valence-electron chi connectivity index (χ4n) is 10.2. The molecule has 52 heavy (non-hydrogen) atoms. The van der Waals surface area contributed by atoms with Gasteiger partial charge in [-0.15, -0.1) is 0 Å². The number of esters is 1. The molecule has 0 aliphatic heterocycles. The number of fused-ring (bicyclic) bond motifs is 6. The zero-order chi connectivity index (χ0) is 36.3. The van der Waals surface area contributed by atoms with Crippen LogP contribution >= 0.6 is 11.8 Å². The van der Waals surface area contributed by atoms with E-state index in [4.69, 9.17) is 14.3 Å². The number of allylic oxidation sites excluding steroid dienone is 1. The Morgan fingerprint density at radius 1 is 1.17 bits per heavy atom. The van der Waals surface area contributed by atoms with Gasteiger partial charge in [-0.25, -0.2) is 18.9 Å². The molecule has 3 aromatic heterocycles. The molecule has 270 valence electrons. The van der Waals surface area contributed by atoms with Gasteiger partial charge in [0.05, 0.1) is 23.7 Å². The van der Waals surface area contributed by atoms with Crippen LogP contribution in [0, 0.1) is 28.6 Å². The first-order chi connectivity index (χ1) is 25.1. The summed E-state index contributed by atoms with van der Waals surface area (Å²) >= 11 is 0.514. The normalized spacial score (nSPS) is 30.3. The van der Waals surface area contributed by atoms with E-state index >= 15 is 0 Å². The van der Waals surface area contributed by atoms with Gasteiger partial charge in [0.15, 0.2) is 17.7 Å². The van der Waals surface area contributed by atoms with Gasteiger partial charge in [-0.05, 0) is 115 Å². The second-order valence-electron chi connectivity index (χ2n) is 15.0. The Morgan fingerprint density at radius 2 is 2.04 bits per heavy atom. The molecule has 1 amide bonds. The number of hydrogen-bond donors (Lipinski definition) is 2. The number of ether oxygens (including phenoxy) is 1. The van der Waals surface area contributed by atoms with Crippen molar-refractivity contribution in [2.45, 2.75) is 70.6 Å². The number of aliphatic hydroxyl groups excluding tert-OH is 1. The molecular weight excluding hydrogens is 686 g/mol. The maximum Gasteiger partial charge on any atom is 0.361 e. The Kier molecular flexibility index (Phi) is 8.68. The molecule has 0 bridgehead atoms. The standard InChI is InChI=1S/C39H40FN5O6S/c1-37-15-25-19-44-45(27-7-3-6-24(13-27)34(47)42-18-23-5-4-12-41-17-23)31(25)14-26(37)8-9-28-29-10-11-39(36(49)52-21-40,38(29,2)16-32(46)33(28)37)51-35(48)30-20-50-22-43-30/h3-7,12-14,17,19-20,22,28-29,32-33,46H,8-11,15-16,18,21H2,1-2H3,(H,42,47)/t28-,29-,32-,33+,37-,38?,39-/m0/s1. The highest BCUT2D eigenvalue weighted by Gasteiger charge is 2.71. The van der Waals surface area contributed by atoms with E-state index in [9.17, 15) is 23.9 Å². The maximum absolute atomic E-state index is 13.8. The van der Waals surface area contributed by atoms with Crippen molar-refractivity contribution in [3.05, 3.63) is 101 Å². The van der Waals surface area contributed by atoms with Crippen LogP contribution in [0.3, 0.4) is 0 Å². The van der Waals surface area contributed by atoms with Crippen LogP contribution in [0.4, 0.5) is 4.39 Å². The molecule has 1 aromatic carbocycles. The van der Waals surface area contributed by atoms with Gasteiger partial charge in [0.1, 0.15) is 12.3 Å². The van der Waals surface area contributed by atoms with E-state index in [1.54, 1.807) is 18.5 Å². The summed E-state index contributed by atoms with van der Waals surface area (Å²) in [4.78, 5) is 48.1. The largest absolute Gasteiger partial charge is 0.451 e. The highest BCUT2D eigenvalue weighted by Crippen LogP contribution is 2.69. The molecule has 0 spiro atoms. The predicted molar refractivity (Wildman–Crippen MR) is 190 cm³/mol. The molecule has 4 aromatic rings. The molecule has 4 aliphatic carbocycles. The third-order valence-electron chi connectivity index (χ3n) is 12.5. The van der Waals surface area contributed by atoms with Crippen molar-refractivity contribution >= 4 is 34.8 Å². The van der Waals surface area contributed by atoms with Gasteiger partial charge in [-0.2, -0.15) is 5.10 Å². The maximum atomic E-state index is 13.8. The lowest BCUT2D eigenvalue weighted by molar-refractivity contribution is -0.174. The van der Waals surface area contributed by atoms with E-state index in [1.165, 1.54) is 5.57 Å². The number of benzene rings is 1. The van der Waals surface area contributed by atoms with Gasteiger partial charge in [-0.3, -0.25) is 14.6 Å².